The van der Waals surface area contributed by atoms with Crippen LogP contribution in [0.4, 0.5) is 11.5 Å². The zero-order valence-electron chi connectivity index (χ0n) is 14.9. The maximum Gasteiger partial charge on any atom is 0.311 e. The normalized spacial score (nSPS) is 21.0. The van der Waals surface area contributed by atoms with Crippen molar-refractivity contribution in [3.8, 4) is 23.5 Å². The predicted molar refractivity (Wildman–Crippen MR) is 103 cm³/mol. The zero-order valence-corrected chi connectivity index (χ0v) is 14.9. The highest BCUT2D eigenvalue weighted by molar-refractivity contribution is 6.01. The largest absolute Gasteiger partial charge is 0.386 e. The van der Waals surface area contributed by atoms with Crippen LogP contribution < -0.4 is 4.90 Å². The van der Waals surface area contributed by atoms with Crippen molar-refractivity contribution in [3.63, 3.8) is 0 Å². The molecule has 0 radical (unpaired) electrons. The molecule has 0 aromatic carbocycles. The second-order valence-corrected chi connectivity index (χ2v) is 6.94. The van der Waals surface area contributed by atoms with Crippen molar-refractivity contribution >= 4 is 17.2 Å². The molecule has 3 heterocycles. The Morgan fingerprint density at radius 2 is 2.11 bits per heavy atom. The molecule has 2 aliphatic heterocycles. The van der Waals surface area contributed by atoms with E-state index in [4.69, 9.17) is 11.3 Å². The number of fused-ring (bicyclic) bond motifs is 1. The summed E-state index contributed by atoms with van der Waals surface area (Å²) in [5, 5.41) is 15.1. The number of anilines is 1. The number of terminal acetylenes is 1. The molecule has 1 spiro atoms. The number of nitrogens with zero attached hydrogens (tertiary/aromatic N) is 4. The Balaban J connectivity index is 0.000000250. The second kappa shape index (κ2) is 6.40. The van der Waals surface area contributed by atoms with Crippen LogP contribution in [0.15, 0.2) is 41.6 Å². The lowest BCUT2D eigenvalue weighted by Crippen LogP contribution is -2.34. The quantitative estimate of drug-likeness (QED) is 0.397. The Hall–Kier alpha value is -3.40. The first-order valence-electron chi connectivity index (χ1n) is 8.69. The van der Waals surface area contributed by atoms with Gasteiger partial charge >= 0.3 is 5.69 Å². The summed E-state index contributed by atoms with van der Waals surface area (Å²) in [5.41, 5.74) is 3.72. The van der Waals surface area contributed by atoms with Crippen molar-refractivity contribution in [1.82, 2.24) is 4.98 Å². The number of aromatic nitrogens is 1. The van der Waals surface area contributed by atoms with E-state index < -0.39 is 10.5 Å². The SMILES string of the molecule is C#CC1=NOC2(CCN(c3nc(C)ccc3[N+](=O)[O-])C2)C1.c1cc2cc-2c1. The highest BCUT2D eigenvalue weighted by atomic mass is 16.7. The number of oxime groups is 1. The van der Waals surface area contributed by atoms with Crippen molar-refractivity contribution in [2.24, 2.45) is 5.16 Å². The van der Waals surface area contributed by atoms with E-state index in [1.165, 1.54) is 17.2 Å². The molecule has 2 aliphatic carbocycles. The van der Waals surface area contributed by atoms with E-state index in [0.717, 1.165) is 5.69 Å². The van der Waals surface area contributed by atoms with Gasteiger partial charge in [-0.1, -0.05) is 29.3 Å². The topological polar surface area (TPSA) is 80.9 Å². The molecule has 1 atom stereocenters. The van der Waals surface area contributed by atoms with E-state index in [1.54, 1.807) is 6.07 Å². The average molecular weight is 362 g/mol. The van der Waals surface area contributed by atoms with Crippen LogP contribution in [0, 0.1) is 29.4 Å². The minimum atomic E-state index is -0.471. The maximum absolute atomic E-state index is 11.2. The molecule has 7 heteroatoms. The Labute approximate surface area is 156 Å². The minimum Gasteiger partial charge on any atom is -0.386 e. The minimum absolute atomic E-state index is 0.00809. The molecule has 5 rings (SSSR count). The first kappa shape index (κ1) is 17.0. The highest BCUT2D eigenvalue weighted by Crippen LogP contribution is 2.38. The van der Waals surface area contributed by atoms with Gasteiger partial charge < -0.3 is 9.74 Å². The Morgan fingerprint density at radius 3 is 2.67 bits per heavy atom. The zero-order chi connectivity index (χ0) is 19.0. The molecule has 0 bridgehead atoms. The monoisotopic (exact) mass is 362 g/mol. The summed E-state index contributed by atoms with van der Waals surface area (Å²) < 4.78 is 0. The van der Waals surface area contributed by atoms with Crippen LogP contribution in [0.2, 0.25) is 0 Å². The first-order valence-corrected chi connectivity index (χ1v) is 8.69. The fourth-order valence-corrected chi connectivity index (χ4v) is 3.43. The van der Waals surface area contributed by atoms with Crippen LogP contribution in [-0.2, 0) is 4.84 Å². The van der Waals surface area contributed by atoms with Gasteiger partial charge in [0.1, 0.15) is 5.71 Å². The summed E-state index contributed by atoms with van der Waals surface area (Å²) in [6.07, 6.45) is 6.62. The molecule has 1 unspecified atom stereocenters. The third kappa shape index (κ3) is 3.34. The van der Waals surface area contributed by atoms with E-state index in [0.29, 0.717) is 37.5 Å². The van der Waals surface area contributed by atoms with E-state index in [1.807, 2.05) is 11.8 Å². The summed E-state index contributed by atoms with van der Waals surface area (Å²) in [4.78, 5) is 22.4. The van der Waals surface area contributed by atoms with Crippen molar-refractivity contribution < 1.29 is 9.76 Å². The van der Waals surface area contributed by atoms with Gasteiger partial charge in [0.05, 0.1) is 11.5 Å². The summed E-state index contributed by atoms with van der Waals surface area (Å²) in [6.45, 7) is 2.94. The van der Waals surface area contributed by atoms with Crippen molar-refractivity contribution in [3.05, 3.63) is 52.2 Å². The van der Waals surface area contributed by atoms with Crippen LogP contribution in [-0.4, -0.2) is 34.3 Å². The van der Waals surface area contributed by atoms with E-state index >= 15 is 0 Å². The van der Waals surface area contributed by atoms with Gasteiger partial charge in [0, 0.05) is 31.1 Å². The Bertz CT molecular complexity index is 978. The van der Waals surface area contributed by atoms with Crippen LogP contribution in [0.25, 0.3) is 11.1 Å². The molecule has 27 heavy (non-hydrogen) atoms. The lowest BCUT2D eigenvalue weighted by atomic mass is 9.97. The molecule has 4 aliphatic rings. The highest BCUT2D eigenvalue weighted by Gasteiger charge is 2.46. The molecule has 0 amide bonds. The number of aryl methyl sites for hydroxylation is 1. The Kier molecular flexibility index (Phi) is 4.04. The van der Waals surface area contributed by atoms with Crippen LogP contribution >= 0.6 is 0 Å². The third-order valence-electron chi connectivity index (χ3n) is 4.92. The summed E-state index contributed by atoms with van der Waals surface area (Å²) >= 11 is 0. The van der Waals surface area contributed by atoms with Gasteiger partial charge in [-0.25, -0.2) is 4.98 Å². The van der Waals surface area contributed by atoms with Crippen molar-refractivity contribution in [2.45, 2.75) is 25.4 Å². The lowest BCUT2D eigenvalue weighted by Gasteiger charge is -2.22. The fraction of sp³-hybridized carbons (Fsp3) is 0.300. The molecular formula is C20H18N4O3. The number of rotatable bonds is 2. The number of pyridine rings is 1. The number of hydrogen-bond acceptors (Lipinski definition) is 6. The molecule has 1 aromatic rings. The fourth-order valence-electron chi connectivity index (χ4n) is 3.43. The maximum atomic E-state index is 11.2. The van der Waals surface area contributed by atoms with Crippen LogP contribution in [0.1, 0.15) is 18.5 Å². The van der Waals surface area contributed by atoms with E-state index in [-0.39, 0.29) is 5.69 Å². The van der Waals surface area contributed by atoms with Gasteiger partial charge in [-0.3, -0.25) is 10.1 Å². The van der Waals surface area contributed by atoms with Crippen molar-refractivity contribution in [1.29, 1.82) is 0 Å². The number of nitro groups is 1. The molecule has 136 valence electrons. The van der Waals surface area contributed by atoms with Gasteiger partial charge in [-0.2, -0.15) is 0 Å². The van der Waals surface area contributed by atoms with Gasteiger partial charge in [0.2, 0.25) is 5.82 Å². The van der Waals surface area contributed by atoms with Gasteiger partial charge in [0.15, 0.2) is 5.60 Å². The van der Waals surface area contributed by atoms with Crippen molar-refractivity contribution in [2.75, 3.05) is 18.0 Å². The molecular weight excluding hydrogens is 344 g/mol. The number of benzene rings is 1. The molecule has 0 N–H and O–H groups in total. The van der Waals surface area contributed by atoms with Gasteiger partial charge in [-0.05, 0) is 30.2 Å². The van der Waals surface area contributed by atoms with Crippen LogP contribution in [0.3, 0.4) is 0 Å². The van der Waals surface area contributed by atoms with Crippen LogP contribution in [0.5, 0.6) is 0 Å². The summed E-state index contributed by atoms with van der Waals surface area (Å²) in [7, 11) is 0. The number of hydrogen-bond donors (Lipinski definition) is 0. The third-order valence-corrected chi connectivity index (χ3v) is 4.92. The molecule has 1 fully saturated rings. The molecule has 0 saturated carbocycles. The summed E-state index contributed by atoms with van der Waals surface area (Å²) in [5.74, 6) is 2.87. The standard InChI is InChI=1S/C14H14N4O3.C6H4/c1-3-11-8-14(21-16-11)6-7-17(9-14)13-12(18(19)20)5-4-10(2)15-13;1-2-5-4-6(5)3-1/h1,4-5H,6-9H2,2H3;1-4H. The average Bonchev–Trinajstić information content (AvgIpc) is 3.05. The van der Waals surface area contributed by atoms with Gasteiger partial charge in [0.25, 0.3) is 0 Å². The molecule has 7 nitrogen and oxygen atoms in total. The molecule has 1 aromatic heterocycles. The first-order chi connectivity index (χ1) is 13.0. The van der Waals surface area contributed by atoms with E-state index in [2.05, 4.69) is 40.3 Å². The Morgan fingerprint density at radius 1 is 1.33 bits per heavy atom. The summed E-state index contributed by atoms with van der Waals surface area (Å²) in [6, 6.07) is 11.6. The predicted octanol–water partition coefficient (Wildman–Crippen LogP) is 3.32. The molecule has 1 saturated heterocycles. The van der Waals surface area contributed by atoms with Gasteiger partial charge in [-0.15, -0.1) is 6.42 Å². The lowest BCUT2D eigenvalue weighted by molar-refractivity contribution is -0.384. The second-order valence-electron chi connectivity index (χ2n) is 6.94. The smallest absolute Gasteiger partial charge is 0.311 e. The van der Waals surface area contributed by atoms with E-state index in [9.17, 15) is 10.1 Å².